The minimum atomic E-state index is -0.625. The number of hydrogen-bond acceptors (Lipinski definition) is 8. The molecule has 0 aliphatic carbocycles. The molecule has 3 N–H and O–H groups in total. The normalized spacial score (nSPS) is 15.1. The van der Waals surface area contributed by atoms with Crippen molar-refractivity contribution in [3.8, 4) is 0 Å². The number of hydrogen-bond donors (Lipinski definition) is 2. The fourth-order valence-corrected chi connectivity index (χ4v) is 2.80. The van der Waals surface area contributed by atoms with Crippen LogP contribution in [0.15, 0.2) is 24.3 Å². The summed E-state index contributed by atoms with van der Waals surface area (Å²) in [6.07, 6.45) is 0. The summed E-state index contributed by atoms with van der Waals surface area (Å²) in [6, 6.07) is 5.45. The molecule has 0 unspecified atom stereocenters. The lowest BCUT2D eigenvalue weighted by molar-refractivity contribution is -0.383. The zero-order valence-electron chi connectivity index (χ0n) is 14.4. The third kappa shape index (κ3) is 3.80. The number of halogens is 1. The highest BCUT2D eigenvalue weighted by Gasteiger charge is 2.26. The maximum absolute atomic E-state index is 13.1. The Hall–Kier alpha value is -3.01. The molecule has 1 aliphatic rings. The van der Waals surface area contributed by atoms with E-state index in [1.165, 1.54) is 24.3 Å². The number of aromatic nitrogens is 2. The molecule has 0 radical (unpaired) electrons. The van der Waals surface area contributed by atoms with Crippen LogP contribution in [0, 0.1) is 15.9 Å². The average Bonchev–Trinajstić information content (AvgIpc) is 2.63. The Labute approximate surface area is 149 Å². The monoisotopic (exact) mass is 361 g/mol. The molecule has 138 valence electrons. The molecule has 1 saturated heterocycles. The Balaban J connectivity index is 1.92. The molecule has 0 saturated carbocycles. The van der Waals surface area contributed by atoms with Gasteiger partial charge in [0.1, 0.15) is 5.82 Å². The van der Waals surface area contributed by atoms with Crippen molar-refractivity contribution < 1.29 is 9.31 Å². The molecule has 26 heavy (non-hydrogen) atoms. The van der Waals surface area contributed by atoms with Gasteiger partial charge in [-0.1, -0.05) is 6.92 Å². The molecule has 0 spiro atoms. The lowest BCUT2D eigenvalue weighted by atomic mass is 10.3. The van der Waals surface area contributed by atoms with Crippen molar-refractivity contribution >= 4 is 29.0 Å². The molecule has 10 heteroatoms. The van der Waals surface area contributed by atoms with Gasteiger partial charge in [0.2, 0.25) is 17.6 Å². The van der Waals surface area contributed by atoms with Gasteiger partial charge in [0.25, 0.3) is 0 Å². The zero-order chi connectivity index (χ0) is 18.7. The molecular formula is C16H20FN7O2. The van der Waals surface area contributed by atoms with Crippen LogP contribution in [-0.4, -0.2) is 52.5 Å². The van der Waals surface area contributed by atoms with Gasteiger partial charge in [0.05, 0.1) is 4.92 Å². The van der Waals surface area contributed by atoms with E-state index < -0.39 is 16.4 Å². The summed E-state index contributed by atoms with van der Waals surface area (Å²) in [5.74, 6) is -0.278. The molecule has 1 fully saturated rings. The van der Waals surface area contributed by atoms with Crippen LogP contribution in [0.3, 0.4) is 0 Å². The standard InChI is InChI=1S/C16H20FN7O2/c1-2-22-7-9-23(10-8-22)16-20-14(18)13(24(25)26)15(21-16)19-12-5-3-11(17)4-6-12/h3-6H,2,7-10H2,1H3,(H3,18,19,20,21). The van der Waals surface area contributed by atoms with Crippen LogP contribution in [0.25, 0.3) is 0 Å². The highest BCUT2D eigenvalue weighted by Crippen LogP contribution is 2.32. The summed E-state index contributed by atoms with van der Waals surface area (Å²) >= 11 is 0. The number of likely N-dealkylation sites (N-methyl/N-ethyl adjacent to an activating group) is 1. The van der Waals surface area contributed by atoms with Crippen molar-refractivity contribution in [3.05, 3.63) is 40.2 Å². The van der Waals surface area contributed by atoms with Gasteiger partial charge in [-0.2, -0.15) is 9.97 Å². The van der Waals surface area contributed by atoms with Gasteiger partial charge >= 0.3 is 5.69 Å². The van der Waals surface area contributed by atoms with Crippen LogP contribution in [0.2, 0.25) is 0 Å². The molecule has 1 aromatic carbocycles. The summed E-state index contributed by atoms with van der Waals surface area (Å²) < 4.78 is 13.1. The van der Waals surface area contributed by atoms with Gasteiger partial charge in [-0.15, -0.1) is 0 Å². The largest absolute Gasteiger partial charge is 0.378 e. The van der Waals surface area contributed by atoms with Gasteiger partial charge in [0, 0.05) is 31.9 Å². The fourth-order valence-electron chi connectivity index (χ4n) is 2.80. The van der Waals surface area contributed by atoms with Gasteiger partial charge < -0.3 is 20.9 Å². The number of anilines is 4. The van der Waals surface area contributed by atoms with Gasteiger partial charge in [-0.25, -0.2) is 4.39 Å². The predicted octanol–water partition coefficient (Wildman–Crippen LogP) is 1.99. The fraction of sp³-hybridized carbons (Fsp3) is 0.375. The van der Waals surface area contributed by atoms with Crippen LogP contribution >= 0.6 is 0 Å². The number of nitrogens with one attached hydrogen (secondary N) is 1. The number of nitro groups is 1. The van der Waals surface area contributed by atoms with Crippen LogP contribution in [0.5, 0.6) is 0 Å². The second kappa shape index (κ2) is 7.48. The van der Waals surface area contributed by atoms with E-state index in [0.29, 0.717) is 24.7 Å². The van der Waals surface area contributed by atoms with Crippen molar-refractivity contribution in [2.45, 2.75) is 6.92 Å². The van der Waals surface area contributed by atoms with E-state index in [2.05, 4.69) is 27.1 Å². The molecule has 1 aliphatic heterocycles. The maximum Gasteiger partial charge on any atom is 0.353 e. The molecule has 0 bridgehead atoms. The molecule has 0 atom stereocenters. The van der Waals surface area contributed by atoms with Crippen molar-refractivity contribution in [3.63, 3.8) is 0 Å². The van der Waals surface area contributed by atoms with Crippen molar-refractivity contribution in [1.29, 1.82) is 0 Å². The Morgan fingerprint density at radius 1 is 1.23 bits per heavy atom. The molecule has 0 amide bonds. The summed E-state index contributed by atoms with van der Waals surface area (Å²) in [6.45, 7) is 6.20. The number of nitrogens with zero attached hydrogens (tertiary/aromatic N) is 5. The third-order valence-corrected chi connectivity index (χ3v) is 4.29. The SMILES string of the molecule is CCN1CCN(c2nc(N)c([N+](=O)[O-])c(Nc3ccc(F)cc3)n2)CC1. The number of nitrogens with two attached hydrogens (primary N) is 1. The van der Waals surface area contributed by atoms with Crippen LogP contribution in [0.1, 0.15) is 6.92 Å². The highest BCUT2D eigenvalue weighted by molar-refractivity contribution is 5.74. The highest BCUT2D eigenvalue weighted by atomic mass is 19.1. The first-order chi connectivity index (χ1) is 12.5. The zero-order valence-corrected chi connectivity index (χ0v) is 14.4. The first-order valence-electron chi connectivity index (χ1n) is 8.29. The number of nitrogen functional groups attached to an aromatic ring is 1. The van der Waals surface area contributed by atoms with Crippen LogP contribution in [-0.2, 0) is 0 Å². The Morgan fingerprint density at radius 3 is 2.46 bits per heavy atom. The van der Waals surface area contributed by atoms with Crippen molar-refractivity contribution in [2.75, 3.05) is 48.7 Å². The van der Waals surface area contributed by atoms with Gasteiger partial charge in [-0.3, -0.25) is 10.1 Å². The maximum atomic E-state index is 13.1. The van der Waals surface area contributed by atoms with Crippen LogP contribution in [0.4, 0.5) is 33.3 Å². The first kappa shape index (κ1) is 17.8. The van der Waals surface area contributed by atoms with E-state index in [4.69, 9.17) is 5.73 Å². The lowest BCUT2D eigenvalue weighted by Gasteiger charge is -2.34. The molecule has 2 heterocycles. The minimum Gasteiger partial charge on any atom is -0.378 e. The Kier molecular flexibility index (Phi) is 5.12. The average molecular weight is 361 g/mol. The summed E-state index contributed by atoms with van der Waals surface area (Å²) in [5, 5.41) is 14.2. The van der Waals surface area contributed by atoms with E-state index in [1.807, 2.05) is 4.90 Å². The predicted molar refractivity (Wildman–Crippen MR) is 97.1 cm³/mol. The van der Waals surface area contributed by atoms with E-state index in [1.54, 1.807) is 0 Å². The number of benzene rings is 1. The minimum absolute atomic E-state index is 0.0120. The topological polar surface area (TPSA) is 113 Å². The molecule has 9 nitrogen and oxygen atoms in total. The smallest absolute Gasteiger partial charge is 0.353 e. The third-order valence-electron chi connectivity index (χ3n) is 4.29. The molecule has 1 aromatic heterocycles. The van der Waals surface area contributed by atoms with E-state index in [-0.39, 0.29) is 11.6 Å². The van der Waals surface area contributed by atoms with Crippen molar-refractivity contribution in [1.82, 2.24) is 14.9 Å². The van der Waals surface area contributed by atoms with E-state index >= 15 is 0 Å². The summed E-state index contributed by atoms with van der Waals surface area (Å²) in [7, 11) is 0. The van der Waals surface area contributed by atoms with Gasteiger partial charge in [-0.05, 0) is 30.8 Å². The van der Waals surface area contributed by atoms with Gasteiger partial charge in [0.15, 0.2) is 0 Å². The Morgan fingerprint density at radius 2 is 1.88 bits per heavy atom. The van der Waals surface area contributed by atoms with Crippen molar-refractivity contribution in [2.24, 2.45) is 0 Å². The molecule has 3 rings (SSSR count). The molecule has 2 aromatic rings. The first-order valence-corrected chi connectivity index (χ1v) is 8.29. The quantitative estimate of drug-likeness (QED) is 0.614. The number of piperazine rings is 1. The number of rotatable bonds is 5. The van der Waals surface area contributed by atoms with Crippen LogP contribution < -0.4 is 16.0 Å². The van der Waals surface area contributed by atoms with E-state index in [9.17, 15) is 14.5 Å². The lowest BCUT2D eigenvalue weighted by Crippen LogP contribution is -2.46. The Bertz CT molecular complexity index is 792. The summed E-state index contributed by atoms with van der Waals surface area (Å²) in [5.41, 5.74) is 5.90. The second-order valence-corrected chi connectivity index (χ2v) is 5.92. The van der Waals surface area contributed by atoms with E-state index in [0.717, 1.165) is 19.6 Å². The summed E-state index contributed by atoms with van der Waals surface area (Å²) in [4.78, 5) is 23.4. The molecular weight excluding hydrogens is 341 g/mol. The second-order valence-electron chi connectivity index (χ2n) is 5.92.